The van der Waals surface area contributed by atoms with Crippen LogP contribution >= 0.6 is 0 Å². The molecule has 15 rings (SSSR count). The Kier molecular flexibility index (Phi) is 26.1. The summed E-state index contributed by atoms with van der Waals surface area (Å²) in [6.45, 7) is 3.22. The number of nitrogens with two attached hydrogens (primary N) is 1. The molecule has 0 atom stereocenters. The zero-order valence-electron chi connectivity index (χ0n) is 58.1. The lowest BCUT2D eigenvalue weighted by Crippen LogP contribution is -2.20. The van der Waals surface area contributed by atoms with Gasteiger partial charge in [-0.1, -0.05) is 136 Å². The second kappa shape index (κ2) is 36.4. The van der Waals surface area contributed by atoms with Crippen molar-refractivity contribution >= 4 is 76.7 Å². The standard InChI is InChI=1S/C19H16FNO3.C17H14FNO.C16H11FN2O3.C16H13FN2O.C9H5NO4.C7H14/c20-14-6-4-13(5-7-14)12-21-10-8-15-16(18(23)9-11-22)2-1-3-17(15)19(21)24;1-12-3-2-4-16-15(12)9-10-19(17(16)20)11-13-5-7-14(18)8-6-13;17-12-6-4-11(5-7-12)10-18-9-8-13-14(16(18)20)2-1-3-15(13)19(21)22;17-12-6-4-11(5-7-12)10-19-9-8-13-14(16(19)20)2-1-3-15(13)18;11-9-7-2-1-3-8(10(12)13)6(7)4-5-14-9;1-2-4-6-7-5-3-1/h1-8,10,22H,9,11-12H2;2-10H,11H2,1H3;1-9H,10H2;1-9H,10,18H2;1-5H;1-7H2. The van der Waals surface area contributed by atoms with Crippen LogP contribution in [0.2, 0.25) is 0 Å². The lowest BCUT2D eigenvalue weighted by molar-refractivity contribution is -0.383. The van der Waals surface area contributed by atoms with Crippen LogP contribution in [0.3, 0.4) is 0 Å². The number of aliphatic hydroxyl groups excluding tert-OH is 1. The van der Waals surface area contributed by atoms with Crippen LogP contribution in [-0.2, 0) is 26.2 Å². The first-order chi connectivity index (χ1) is 51.6. The fourth-order valence-electron chi connectivity index (χ4n) is 12.3. The van der Waals surface area contributed by atoms with Crippen LogP contribution in [0.4, 0.5) is 34.6 Å². The van der Waals surface area contributed by atoms with E-state index < -0.39 is 15.5 Å². The maximum Gasteiger partial charge on any atom is 0.343 e. The van der Waals surface area contributed by atoms with Crippen molar-refractivity contribution in [1.82, 2.24) is 18.3 Å². The highest BCUT2D eigenvalue weighted by atomic mass is 19.1. The van der Waals surface area contributed by atoms with Crippen molar-refractivity contribution in [2.75, 3.05) is 12.3 Å². The zero-order chi connectivity index (χ0) is 76.1. The molecule has 19 nitrogen and oxygen atoms in total. The van der Waals surface area contributed by atoms with E-state index in [0.29, 0.717) is 63.2 Å². The van der Waals surface area contributed by atoms with Crippen molar-refractivity contribution < 1.29 is 41.7 Å². The Hall–Kier alpha value is -13.0. The molecule has 0 spiro atoms. The van der Waals surface area contributed by atoms with Gasteiger partial charge in [0, 0.05) is 76.1 Å². The third-order valence-electron chi connectivity index (χ3n) is 17.9. The number of benzene rings is 9. The number of aryl methyl sites for hydroxylation is 1. The van der Waals surface area contributed by atoms with Crippen molar-refractivity contribution in [2.24, 2.45) is 0 Å². The van der Waals surface area contributed by atoms with E-state index in [9.17, 15) is 66.6 Å². The van der Waals surface area contributed by atoms with E-state index in [2.05, 4.69) is 4.42 Å². The number of carbonyl (C=O) groups excluding carboxylic acids is 1. The van der Waals surface area contributed by atoms with Crippen LogP contribution in [0.25, 0.3) is 53.9 Å². The molecule has 1 fully saturated rings. The van der Waals surface area contributed by atoms with Gasteiger partial charge in [-0.3, -0.25) is 44.2 Å². The van der Waals surface area contributed by atoms with Gasteiger partial charge in [-0.05, 0) is 161 Å². The monoisotopic (exact) mass is 1450 g/mol. The highest BCUT2D eigenvalue weighted by molar-refractivity contribution is 6.08. The second-order valence-electron chi connectivity index (χ2n) is 25.2. The first-order valence-electron chi connectivity index (χ1n) is 34.3. The number of aromatic nitrogens is 4. The molecule has 544 valence electrons. The summed E-state index contributed by atoms with van der Waals surface area (Å²) in [5, 5.41) is 35.7. The topological polar surface area (TPSA) is 268 Å². The number of pyridine rings is 4. The predicted molar refractivity (Wildman–Crippen MR) is 408 cm³/mol. The Morgan fingerprint density at radius 1 is 0.402 bits per heavy atom. The molecule has 1 aliphatic rings. The highest BCUT2D eigenvalue weighted by Crippen LogP contribution is 2.26. The maximum atomic E-state index is 13.0. The minimum atomic E-state index is -0.564. The fraction of sp³-hybridized carbons (Fsp3) is 0.167. The molecule has 5 aromatic heterocycles. The van der Waals surface area contributed by atoms with Crippen LogP contribution in [0, 0.1) is 50.4 Å². The van der Waals surface area contributed by atoms with Gasteiger partial charge in [0.1, 0.15) is 23.3 Å². The molecule has 9 aromatic carbocycles. The summed E-state index contributed by atoms with van der Waals surface area (Å²) in [4.78, 5) is 93.7. The lowest BCUT2D eigenvalue weighted by Gasteiger charge is -2.10. The molecule has 0 amide bonds. The van der Waals surface area contributed by atoms with Crippen LogP contribution in [0.1, 0.15) is 89.5 Å². The number of carbonyl (C=O) groups is 1. The maximum absolute atomic E-state index is 13.0. The number of ketones is 1. The predicted octanol–water partition coefficient (Wildman–Crippen LogP) is 16.6. The fourth-order valence-corrected chi connectivity index (χ4v) is 12.3. The number of halogens is 4. The molecule has 1 saturated carbocycles. The SMILES string of the molecule is C1CCCCCC1.Cc1cccc2c(=O)n(Cc3ccc(F)cc3)ccc12.Nc1cccc2c(=O)n(Cc3ccc(F)cc3)ccc12.O=C(CCO)c1cccc2c(=O)n(Cc3ccc(F)cc3)ccc12.O=c1c2cccc([N+](=O)[O-])c2ccn1Cc1ccc(F)cc1.O=c1occc2c([N+](=O)[O-])cccc12. The summed E-state index contributed by atoms with van der Waals surface area (Å²) in [5.74, 6) is -1.41. The van der Waals surface area contributed by atoms with Crippen molar-refractivity contribution in [3.8, 4) is 0 Å². The molecule has 14 aromatic rings. The first kappa shape index (κ1) is 76.6. The molecule has 3 N–H and O–H groups in total. The average Bonchev–Trinajstić information content (AvgIpc) is 0.837. The zero-order valence-corrected chi connectivity index (χ0v) is 58.1. The van der Waals surface area contributed by atoms with E-state index in [-0.39, 0.29) is 87.6 Å². The summed E-state index contributed by atoms with van der Waals surface area (Å²) in [7, 11) is 0. The normalized spacial score (nSPS) is 11.6. The first-order valence-corrected chi connectivity index (χ1v) is 34.3. The van der Waals surface area contributed by atoms with E-state index in [1.165, 1.54) is 145 Å². The smallest absolute Gasteiger partial charge is 0.343 e. The van der Waals surface area contributed by atoms with Gasteiger partial charge in [0.05, 0.1) is 70.4 Å². The minimum absolute atomic E-state index is 0.0180. The largest absolute Gasteiger partial charge is 0.431 e. The van der Waals surface area contributed by atoms with E-state index in [0.717, 1.165) is 50.2 Å². The van der Waals surface area contributed by atoms with Crippen LogP contribution in [0.15, 0.2) is 278 Å². The number of nitro benzene ring substituents is 2. The third-order valence-corrected chi connectivity index (χ3v) is 17.9. The van der Waals surface area contributed by atoms with Crippen molar-refractivity contribution in [3.63, 3.8) is 0 Å². The summed E-state index contributed by atoms with van der Waals surface area (Å²) < 4.78 is 62.4. The Labute approximate surface area is 608 Å². The van der Waals surface area contributed by atoms with E-state index in [1.807, 2.05) is 37.3 Å². The lowest BCUT2D eigenvalue weighted by atomic mass is 10.0. The molecule has 5 heterocycles. The molecular weight excluding hydrogens is 1370 g/mol. The van der Waals surface area contributed by atoms with Gasteiger partial charge in [0.2, 0.25) is 0 Å². The van der Waals surface area contributed by atoms with Gasteiger partial charge in [0.15, 0.2) is 5.78 Å². The Morgan fingerprint density at radius 2 is 0.720 bits per heavy atom. The number of hydrogen-bond donors (Lipinski definition) is 2. The number of aliphatic hydroxyl groups is 1. The third kappa shape index (κ3) is 19.8. The van der Waals surface area contributed by atoms with Crippen molar-refractivity contribution in [3.05, 3.63) is 378 Å². The number of nitro groups is 2. The molecule has 107 heavy (non-hydrogen) atoms. The molecule has 0 bridgehead atoms. The van der Waals surface area contributed by atoms with Crippen LogP contribution < -0.4 is 33.6 Å². The molecule has 0 radical (unpaired) electrons. The van der Waals surface area contributed by atoms with E-state index in [4.69, 9.17) is 10.8 Å². The van der Waals surface area contributed by atoms with Crippen LogP contribution in [0.5, 0.6) is 0 Å². The summed E-state index contributed by atoms with van der Waals surface area (Å²) >= 11 is 0. The second-order valence-corrected chi connectivity index (χ2v) is 25.2. The van der Waals surface area contributed by atoms with E-state index in [1.54, 1.807) is 131 Å². The molecular formula is C84H73F4N7O12. The number of hydrogen-bond acceptors (Lipinski definition) is 13. The number of anilines is 1. The summed E-state index contributed by atoms with van der Waals surface area (Å²) in [6, 6.07) is 57.4. The summed E-state index contributed by atoms with van der Waals surface area (Å²) in [6.07, 6.45) is 18.3. The Morgan fingerprint density at radius 3 is 1.12 bits per heavy atom. The molecule has 0 unspecified atom stereocenters. The minimum Gasteiger partial charge on any atom is -0.431 e. The van der Waals surface area contributed by atoms with E-state index >= 15 is 0 Å². The molecule has 0 saturated heterocycles. The Bertz CT molecular complexity index is 5660. The van der Waals surface area contributed by atoms with Crippen LogP contribution in [-0.4, -0.2) is 45.6 Å². The number of Topliss-reactive ketones (excluding diaryl/α,β-unsaturated/α-hetero) is 1. The van der Waals surface area contributed by atoms with Gasteiger partial charge < -0.3 is 33.5 Å². The van der Waals surface area contributed by atoms with Gasteiger partial charge in [-0.15, -0.1) is 0 Å². The van der Waals surface area contributed by atoms with Gasteiger partial charge in [0.25, 0.3) is 33.6 Å². The average molecular weight is 1450 g/mol. The number of nitrogen functional groups attached to an aromatic ring is 1. The highest BCUT2D eigenvalue weighted by Gasteiger charge is 2.17. The summed E-state index contributed by atoms with van der Waals surface area (Å²) in [5.41, 5.74) is 9.94. The molecule has 0 aliphatic heterocycles. The van der Waals surface area contributed by atoms with Crippen molar-refractivity contribution in [1.29, 1.82) is 0 Å². The quantitative estimate of drug-likeness (QED) is 0.0272. The number of non-ortho nitro benzene ring substituents is 2. The number of fused-ring (bicyclic) bond motifs is 5. The van der Waals surface area contributed by atoms with Gasteiger partial charge in [-0.2, -0.15) is 0 Å². The molecule has 1 aliphatic carbocycles. The van der Waals surface area contributed by atoms with Crippen molar-refractivity contribution in [2.45, 2.75) is 84.5 Å². The number of nitrogens with zero attached hydrogens (tertiary/aromatic N) is 6. The molecule has 23 heteroatoms. The van der Waals surface area contributed by atoms with Gasteiger partial charge >= 0.3 is 5.63 Å². The number of rotatable bonds is 13. The van der Waals surface area contributed by atoms with Gasteiger partial charge in [-0.25, -0.2) is 22.4 Å². The Balaban J connectivity index is 0.000000141.